The number of aromatic nitrogens is 1. The van der Waals surface area contributed by atoms with Gasteiger partial charge in [-0.15, -0.1) is 0 Å². The number of amides is 1. The number of primary amides is 1. The topological polar surface area (TPSA) is 68.5 Å². The zero-order valence-electron chi connectivity index (χ0n) is 13.0. The number of thiophene rings is 1. The Morgan fingerprint density at radius 2 is 2.21 bits per heavy atom. The molecule has 1 unspecified atom stereocenters. The Kier molecular flexibility index (Phi) is 3.92. The van der Waals surface area contributed by atoms with E-state index < -0.39 is 5.91 Å². The maximum Gasteiger partial charge on any atom is 0.249 e. The third-order valence-corrected chi connectivity index (χ3v) is 4.97. The fourth-order valence-electron chi connectivity index (χ4n) is 3.04. The van der Waals surface area contributed by atoms with Crippen LogP contribution in [-0.4, -0.2) is 30.6 Å². The number of hydrogen-bond donors (Lipinski definition) is 1. The van der Waals surface area contributed by atoms with Crippen molar-refractivity contribution < 1.29 is 9.53 Å². The summed E-state index contributed by atoms with van der Waals surface area (Å²) in [5.74, 6) is 0.337. The molecule has 3 aromatic rings. The van der Waals surface area contributed by atoms with Crippen LogP contribution in [0.3, 0.4) is 0 Å². The molecule has 0 spiro atoms. The van der Waals surface area contributed by atoms with Crippen molar-refractivity contribution in [2.24, 2.45) is 5.73 Å². The van der Waals surface area contributed by atoms with E-state index in [1.165, 1.54) is 5.56 Å². The van der Waals surface area contributed by atoms with Crippen LogP contribution < -0.4 is 10.6 Å². The van der Waals surface area contributed by atoms with Crippen molar-refractivity contribution >= 4 is 34.0 Å². The van der Waals surface area contributed by atoms with E-state index in [9.17, 15) is 4.79 Å². The van der Waals surface area contributed by atoms with Crippen molar-refractivity contribution in [1.82, 2.24) is 4.98 Å². The smallest absolute Gasteiger partial charge is 0.249 e. The average molecular weight is 339 g/mol. The molecule has 1 amide bonds. The molecular formula is C18H17N3O2S. The molecule has 1 aliphatic heterocycles. The second-order valence-corrected chi connectivity index (χ2v) is 6.55. The first-order valence-electron chi connectivity index (χ1n) is 7.80. The number of fused-ring (bicyclic) bond motifs is 1. The van der Waals surface area contributed by atoms with E-state index in [0.717, 1.165) is 23.3 Å². The molecule has 2 N–H and O–H groups in total. The number of nitrogens with zero attached hydrogens (tertiary/aromatic N) is 2. The molecule has 0 saturated carbocycles. The van der Waals surface area contributed by atoms with Crippen molar-refractivity contribution in [3.05, 3.63) is 58.3 Å². The zero-order valence-corrected chi connectivity index (χ0v) is 13.8. The van der Waals surface area contributed by atoms with E-state index >= 15 is 0 Å². The van der Waals surface area contributed by atoms with Crippen LogP contribution in [0.15, 0.2) is 47.2 Å². The van der Waals surface area contributed by atoms with Crippen molar-refractivity contribution in [3.63, 3.8) is 0 Å². The maximum atomic E-state index is 11.9. The highest BCUT2D eigenvalue weighted by molar-refractivity contribution is 7.07. The van der Waals surface area contributed by atoms with Crippen LogP contribution in [0.2, 0.25) is 0 Å². The third kappa shape index (κ3) is 2.74. The summed E-state index contributed by atoms with van der Waals surface area (Å²) in [5, 5.41) is 4.95. The lowest BCUT2D eigenvalue weighted by Gasteiger charge is -2.33. The number of carbonyl (C=O) groups excluding carboxylic acids is 1. The largest absolute Gasteiger partial charge is 0.370 e. The summed E-state index contributed by atoms with van der Waals surface area (Å²) in [7, 11) is 0. The second kappa shape index (κ2) is 6.22. The molecule has 1 saturated heterocycles. The Hall–Kier alpha value is -2.44. The minimum Gasteiger partial charge on any atom is -0.370 e. The molecule has 1 atom stereocenters. The molecule has 1 aliphatic rings. The number of rotatable bonds is 3. The predicted molar refractivity (Wildman–Crippen MR) is 95.5 cm³/mol. The third-order valence-electron chi connectivity index (χ3n) is 4.27. The number of benzene rings is 1. The standard InChI is InChI=1S/C18H17N3O2S/c19-18(22)14-9-17(20-15-4-2-1-3-13(14)15)21-6-7-23-16(10-21)12-5-8-24-11-12/h1-5,8-9,11,16H,6-7,10H2,(H2,19,22). The minimum absolute atomic E-state index is 0.0234. The zero-order chi connectivity index (χ0) is 16.5. The Bertz CT molecular complexity index is 879. The molecule has 4 rings (SSSR count). The van der Waals surface area contributed by atoms with Gasteiger partial charge in [-0.2, -0.15) is 11.3 Å². The molecule has 1 aromatic carbocycles. The van der Waals surface area contributed by atoms with E-state index in [-0.39, 0.29) is 6.10 Å². The summed E-state index contributed by atoms with van der Waals surface area (Å²) >= 11 is 1.66. The summed E-state index contributed by atoms with van der Waals surface area (Å²) < 4.78 is 5.88. The van der Waals surface area contributed by atoms with Gasteiger partial charge in [0.05, 0.1) is 17.7 Å². The summed E-state index contributed by atoms with van der Waals surface area (Å²) in [6.07, 6.45) is 0.0234. The van der Waals surface area contributed by atoms with Gasteiger partial charge in [-0.1, -0.05) is 18.2 Å². The minimum atomic E-state index is -0.433. The highest BCUT2D eigenvalue weighted by Crippen LogP contribution is 2.29. The number of pyridine rings is 1. The lowest BCUT2D eigenvalue weighted by molar-refractivity contribution is 0.0398. The van der Waals surface area contributed by atoms with Crippen LogP contribution in [-0.2, 0) is 4.74 Å². The second-order valence-electron chi connectivity index (χ2n) is 5.77. The number of para-hydroxylation sites is 1. The molecule has 6 heteroatoms. The van der Waals surface area contributed by atoms with Gasteiger partial charge < -0.3 is 15.4 Å². The lowest BCUT2D eigenvalue weighted by atomic mass is 10.1. The van der Waals surface area contributed by atoms with Gasteiger partial charge in [-0.05, 0) is 34.5 Å². The van der Waals surface area contributed by atoms with E-state index in [4.69, 9.17) is 15.5 Å². The summed E-state index contributed by atoms with van der Waals surface area (Å²) in [5.41, 5.74) is 8.04. The van der Waals surface area contributed by atoms with Crippen LogP contribution in [0, 0.1) is 0 Å². The molecule has 5 nitrogen and oxygen atoms in total. The number of carbonyl (C=O) groups is 1. The SMILES string of the molecule is NC(=O)c1cc(N2CCOC(c3ccsc3)C2)nc2ccccc12. The Morgan fingerprint density at radius 1 is 1.33 bits per heavy atom. The lowest BCUT2D eigenvalue weighted by Crippen LogP contribution is -2.38. The molecule has 2 aromatic heterocycles. The monoisotopic (exact) mass is 339 g/mol. The fraction of sp³-hybridized carbons (Fsp3) is 0.222. The van der Waals surface area contributed by atoms with Crippen LogP contribution in [0.5, 0.6) is 0 Å². The molecule has 122 valence electrons. The van der Waals surface area contributed by atoms with E-state index in [1.807, 2.05) is 24.3 Å². The van der Waals surface area contributed by atoms with Crippen molar-refractivity contribution in [3.8, 4) is 0 Å². The number of anilines is 1. The average Bonchev–Trinajstić information content (AvgIpc) is 3.15. The van der Waals surface area contributed by atoms with E-state index in [2.05, 4.69) is 21.7 Å². The normalized spacial score (nSPS) is 18.0. The maximum absolute atomic E-state index is 11.9. The van der Waals surface area contributed by atoms with E-state index in [1.54, 1.807) is 17.4 Å². The highest BCUT2D eigenvalue weighted by Gasteiger charge is 2.24. The van der Waals surface area contributed by atoms with Gasteiger partial charge in [0.1, 0.15) is 11.9 Å². The Labute approximate surface area is 143 Å². The first-order chi connectivity index (χ1) is 11.7. The molecule has 0 aliphatic carbocycles. The van der Waals surface area contributed by atoms with Crippen LogP contribution in [0.1, 0.15) is 22.0 Å². The van der Waals surface area contributed by atoms with Gasteiger partial charge in [-0.25, -0.2) is 4.98 Å². The predicted octanol–water partition coefficient (Wildman–Crippen LogP) is 2.97. The van der Waals surface area contributed by atoms with E-state index in [0.29, 0.717) is 18.7 Å². The number of morpholine rings is 1. The van der Waals surface area contributed by atoms with Crippen LogP contribution in [0.4, 0.5) is 5.82 Å². The van der Waals surface area contributed by atoms with Gasteiger partial charge in [0.2, 0.25) is 5.91 Å². The van der Waals surface area contributed by atoms with Gasteiger partial charge in [0.15, 0.2) is 0 Å². The van der Waals surface area contributed by atoms with Crippen molar-refractivity contribution in [2.75, 3.05) is 24.6 Å². The van der Waals surface area contributed by atoms with Gasteiger partial charge in [-0.3, -0.25) is 4.79 Å². The summed E-state index contributed by atoms with van der Waals surface area (Å²) in [6, 6.07) is 11.5. The number of hydrogen-bond acceptors (Lipinski definition) is 5. The fourth-order valence-corrected chi connectivity index (χ4v) is 3.75. The van der Waals surface area contributed by atoms with Crippen LogP contribution in [0.25, 0.3) is 10.9 Å². The number of ether oxygens (including phenoxy) is 1. The van der Waals surface area contributed by atoms with Gasteiger partial charge in [0.25, 0.3) is 0 Å². The van der Waals surface area contributed by atoms with Crippen molar-refractivity contribution in [1.29, 1.82) is 0 Å². The first kappa shape index (κ1) is 15.1. The molecule has 1 fully saturated rings. The quantitative estimate of drug-likeness (QED) is 0.796. The molecule has 0 radical (unpaired) electrons. The van der Waals surface area contributed by atoms with Gasteiger partial charge >= 0.3 is 0 Å². The molecule has 0 bridgehead atoms. The highest BCUT2D eigenvalue weighted by atomic mass is 32.1. The molecular weight excluding hydrogens is 322 g/mol. The summed E-state index contributed by atoms with van der Waals surface area (Å²) in [6.45, 7) is 2.07. The number of nitrogens with two attached hydrogens (primary N) is 1. The molecule has 24 heavy (non-hydrogen) atoms. The van der Waals surface area contributed by atoms with Gasteiger partial charge in [0, 0.05) is 18.5 Å². The Morgan fingerprint density at radius 3 is 3.00 bits per heavy atom. The first-order valence-corrected chi connectivity index (χ1v) is 8.75. The van der Waals surface area contributed by atoms with Crippen LogP contribution >= 0.6 is 11.3 Å². The Balaban J connectivity index is 1.72. The summed E-state index contributed by atoms with van der Waals surface area (Å²) in [4.78, 5) is 18.7. The van der Waals surface area contributed by atoms with Crippen molar-refractivity contribution in [2.45, 2.75) is 6.10 Å². The molecule has 3 heterocycles.